The lowest BCUT2D eigenvalue weighted by Crippen LogP contribution is -2.26. The number of anilines is 1. The first-order valence-electron chi connectivity index (χ1n) is 9.19. The summed E-state index contributed by atoms with van der Waals surface area (Å²) in [6.07, 6.45) is 1.25. The molecule has 1 aliphatic rings. The summed E-state index contributed by atoms with van der Waals surface area (Å²) >= 11 is 0. The van der Waals surface area contributed by atoms with Gasteiger partial charge in [-0.1, -0.05) is 0 Å². The summed E-state index contributed by atoms with van der Waals surface area (Å²) in [4.78, 5) is 12.4. The van der Waals surface area contributed by atoms with Gasteiger partial charge in [-0.3, -0.25) is 0 Å². The van der Waals surface area contributed by atoms with Crippen molar-refractivity contribution in [2.24, 2.45) is 5.92 Å². The molecule has 150 valence electrons. The molecule has 0 fully saturated rings. The lowest BCUT2D eigenvalue weighted by molar-refractivity contribution is -0.141. The van der Waals surface area contributed by atoms with Crippen LogP contribution in [-0.2, 0) is 24.7 Å². The third kappa shape index (κ3) is 3.43. The Balaban J connectivity index is 1.49. The van der Waals surface area contributed by atoms with Gasteiger partial charge in [0.25, 0.3) is 0 Å². The summed E-state index contributed by atoms with van der Waals surface area (Å²) in [7, 11) is 0. The molecule has 3 aromatic rings. The van der Waals surface area contributed by atoms with Crippen molar-refractivity contribution in [1.82, 2.24) is 29.3 Å². The minimum absolute atomic E-state index is 0.186. The van der Waals surface area contributed by atoms with Crippen LogP contribution in [-0.4, -0.2) is 35.8 Å². The van der Waals surface area contributed by atoms with Crippen LogP contribution < -0.4 is 5.32 Å². The van der Waals surface area contributed by atoms with Crippen LogP contribution in [0.4, 0.5) is 19.0 Å². The lowest BCUT2D eigenvalue weighted by atomic mass is 9.99. The number of fused-ring (bicyclic) bond motifs is 2. The van der Waals surface area contributed by atoms with Crippen molar-refractivity contribution in [1.29, 1.82) is 0 Å². The van der Waals surface area contributed by atoms with E-state index in [0.717, 1.165) is 23.7 Å². The zero-order valence-electron chi connectivity index (χ0n) is 16.0. The van der Waals surface area contributed by atoms with Crippen molar-refractivity contribution in [3.63, 3.8) is 0 Å². The Morgan fingerprint density at radius 3 is 2.71 bits per heavy atom. The summed E-state index contributed by atoms with van der Waals surface area (Å²) in [5.41, 5.74) is -0.270. The van der Waals surface area contributed by atoms with E-state index in [9.17, 15) is 13.2 Å². The van der Waals surface area contributed by atoms with Gasteiger partial charge in [0.2, 0.25) is 0 Å². The molecule has 0 spiro atoms. The van der Waals surface area contributed by atoms with Gasteiger partial charge in [0.05, 0.1) is 17.1 Å². The van der Waals surface area contributed by atoms with Crippen molar-refractivity contribution in [3.8, 4) is 0 Å². The number of aromatic nitrogens is 6. The minimum Gasteiger partial charge on any atom is -0.369 e. The van der Waals surface area contributed by atoms with Gasteiger partial charge in [-0.05, 0) is 33.1 Å². The number of nitrogens with one attached hydrogen (secondary N) is 1. The molecule has 1 unspecified atom stereocenters. The van der Waals surface area contributed by atoms with Gasteiger partial charge < -0.3 is 9.88 Å². The molecule has 4 heterocycles. The average Bonchev–Trinajstić information content (AvgIpc) is 3.23. The van der Waals surface area contributed by atoms with Crippen LogP contribution in [0, 0.1) is 5.92 Å². The van der Waals surface area contributed by atoms with Gasteiger partial charge in [0.15, 0.2) is 11.3 Å². The highest BCUT2D eigenvalue weighted by Crippen LogP contribution is 2.31. The van der Waals surface area contributed by atoms with Gasteiger partial charge in [-0.25, -0.2) is 19.6 Å². The molecule has 28 heavy (non-hydrogen) atoms. The van der Waals surface area contributed by atoms with Gasteiger partial charge >= 0.3 is 6.18 Å². The lowest BCUT2D eigenvalue weighted by Gasteiger charge is -2.24. The predicted molar refractivity (Wildman–Crippen MR) is 97.8 cm³/mol. The zero-order chi connectivity index (χ0) is 20.1. The van der Waals surface area contributed by atoms with Gasteiger partial charge in [-0.15, -0.1) is 0 Å². The Kier molecular flexibility index (Phi) is 4.31. The maximum absolute atomic E-state index is 12.9. The van der Waals surface area contributed by atoms with E-state index in [0.29, 0.717) is 31.2 Å². The first-order valence-corrected chi connectivity index (χ1v) is 9.19. The second-order valence-electron chi connectivity index (χ2n) is 8.16. The molecule has 0 saturated heterocycles. The van der Waals surface area contributed by atoms with Crippen molar-refractivity contribution in [3.05, 3.63) is 30.2 Å². The Bertz CT molecular complexity index is 997. The van der Waals surface area contributed by atoms with E-state index in [-0.39, 0.29) is 11.5 Å². The van der Waals surface area contributed by atoms with E-state index in [1.165, 1.54) is 6.33 Å². The quantitative estimate of drug-likeness (QED) is 0.738. The predicted octanol–water partition coefficient (Wildman–Crippen LogP) is 3.47. The highest BCUT2D eigenvalue weighted by molar-refractivity contribution is 5.86. The second-order valence-corrected chi connectivity index (χ2v) is 8.16. The van der Waals surface area contributed by atoms with Crippen molar-refractivity contribution < 1.29 is 13.2 Å². The van der Waals surface area contributed by atoms with Crippen molar-refractivity contribution in [2.75, 3.05) is 11.9 Å². The molecule has 1 atom stereocenters. The molecule has 10 heteroatoms. The molecular formula is C18H22F3N7. The molecule has 3 aromatic heterocycles. The molecule has 0 bridgehead atoms. The molecule has 7 nitrogen and oxygen atoms in total. The first-order chi connectivity index (χ1) is 13.1. The Morgan fingerprint density at radius 2 is 2.00 bits per heavy atom. The monoisotopic (exact) mass is 393 g/mol. The molecule has 0 radical (unpaired) electrons. The SMILES string of the molecule is CC(C)(C)n1ncc2c(NCC3CCc4nc(C(F)(F)F)cn4C3)ncnc21. The van der Waals surface area contributed by atoms with Crippen molar-refractivity contribution in [2.45, 2.75) is 51.9 Å². The molecule has 0 aliphatic carbocycles. The van der Waals surface area contributed by atoms with Crippen LogP contribution in [0.2, 0.25) is 0 Å². The van der Waals surface area contributed by atoms with E-state index < -0.39 is 11.9 Å². The number of alkyl halides is 3. The Morgan fingerprint density at radius 1 is 1.21 bits per heavy atom. The molecule has 0 aromatic carbocycles. The molecule has 0 saturated carbocycles. The number of imidazole rings is 1. The summed E-state index contributed by atoms with van der Waals surface area (Å²) in [5.74, 6) is 1.37. The van der Waals surface area contributed by atoms with Crippen LogP contribution in [0.1, 0.15) is 38.7 Å². The number of nitrogens with zero attached hydrogens (tertiary/aromatic N) is 6. The number of rotatable bonds is 3. The highest BCUT2D eigenvalue weighted by atomic mass is 19.4. The smallest absolute Gasteiger partial charge is 0.369 e. The zero-order valence-corrected chi connectivity index (χ0v) is 16.0. The average molecular weight is 393 g/mol. The molecular weight excluding hydrogens is 371 g/mol. The fourth-order valence-corrected chi connectivity index (χ4v) is 3.53. The Labute approximate surface area is 160 Å². The van der Waals surface area contributed by atoms with E-state index in [1.807, 2.05) is 4.68 Å². The number of halogens is 3. The molecule has 1 N–H and O–H groups in total. The maximum Gasteiger partial charge on any atom is 0.434 e. The highest BCUT2D eigenvalue weighted by Gasteiger charge is 2.35. The minimum atomic E-state index is -4.40. The van der Waals surface area contributed by atoms with Gasteiger partial charge in [0.1, 0.15) is 18.0 Å². The Hall–Kier alpha value is -2.65. The summed E-state index contributed by atoms with van der Waals surface area (Å²) in [6.45, 7) is 7.25. The maximum atomic E-state index is 12.9. The summed E-state index contributed by atoms with van der Waals surface area (Å²) in [5, 5.41) is 8.59. The number of hydrogen-bond donors (Lipinski definition) is 1. The van der Waals surface area contributed by atoms with Crippen LogP contribution in [0.25, 0.3) is 11.0 Å². The third-order valence-electron chi connectivity index (χ3n) is 4.94. The standard InChI is InChI=1S/C18H22F3N7/c1-17(2,3)28-16-12(7-25-28)15(23-10-24-16)22-6-11-4-5-14-26-13(18(19,20)21)9-27(14)8-11/h7,9-11H,4-6,8H2,1-3H3,(H,22,23,24). The number of hydrogen-bond acceptors (Lipinski definition) is 5. The van der Waals surface area contributed by atoms with E-state index in [4.69, 9.17) is 0 Å². The van der Waals surface area contributed by atoms with Crippen molar-refractivity contribution >= 4 is 16.9 Å². The fraction of sp³-hybridized carbons (Fsp3) is 0.556. The summed E-state index contributed by atoms with van der Waals surface area (Å²) in [6, 6.07) is 0. The van der Waals surface area contributed by atoms with Crippen LogP contribution in [0.5, 0.6) is 0 Å². The van der Waals surface area contributed by atoms with Crippen LogP contribution in [0.3, 0.4) is 0 Å². The van der Waals surface area contributed by atoms with E-state index in [1.54, 1.807) is 10.8 Å². The molecule has 4 rings (SSSR count). The fourth-order valence-electron chi connectivity index (χ4n) is 3.53. The van der Waals surface area contributed by atoms with Gasteiger partial charge in [-0.2, -0.15) is 18.3 Å². The first kappa shape index (κ1) is 18.7. The normalized spacial score (nSPS) is 17.7. The summed E-state index contributed by atoms with van der Waals surface area (Å²) < 4.78 is 42.1. The van der Waals surface area contributed by atoms with Crippen LogP contribution in [0.15, 0.2) is 18.7 Å². The van der Waals surface area contributed by atoms with Gasteiger partial charge in [0, 0.05) is 25.7 Å². The van der Waals surface area contributed by atoms with E-state index in [2.05, 4.69) is 46.1 Å². The third-order valence-corrected chi connectivity index (χ3v) is 4.94. The number of aryl methyl sites for hydroxylation is 1. The molecule has 0 amide bonds. The largest absolute Gasteiger partial charge is 0.434 e. The topological polar surface area (TPSA) is 73.5 Å². The van der Waals surface area contributed by atoms with E-state index >= 15 is 0 Å². The second kappa shape index (κ2) is 6.46. The molecule has 1 aliphatic heterocycles. The van der Waals surface area contributed by atoms with Crippen LogP contribution >= 0.6 is 0 Å².